The van der Waals surface area contributed by atoms with Gasteiger partial charge in [0.1, 0.15) is 5.75 Å². The molecule has 1 amide bonds. The number of carbonyl (C=O) groups is 1. The Morgan fingerprint density at radius 2 is 1.57 bits per heavy atom. The van der Waals surface area contributed by atoms with Crippen LogP contribution in [0.2, 0.25) is 0 Å². The van der Waals surface area contributed by atoms with Gasteiger partial charge < -0.3 is 9.64 Å². The molecule has 30 heavy (non-hydrogen) atoms. The quantitative estimate of drug-likeness (QED) is 0.372. The second-order valence-corrected chi connectivity index (χ2v) is 8.38. The predicted octanol–water partition coefficient (Wildman–Crippen LogP) is 5.87. The number of para-hydroxylation sites is 1. The first-order valence-electron chi connectivity index (χ1n) is 9.37. The lowest BCUT2D eigenvalue weighted by molar-refractivity contribution is -0.113. The predicted molar refractivity (Wildman–Crippen MR) is 130 cm³/mol. The van der Waals surface area contributed by atoms with E-state index in [9.17, 15) is 4.79 Å². The van der Waals surface area contributed by atoms with Crippen LogP contribution in [0.4, 0.5) is 17.1 Å². The highest BCUT2D eigenvalue weighted by Crippen LogP contribution is 2.36. The van der Waals surface area contributed by atoms with E-state index in [-0.39, 0.29) is 5.91 Å². The van der Waals surface area contributed by atoms with Gasteiger partial charge in [0.25, 0.3) is 5.91 Å². The molecule has 0 atom stereocenters. The van der Waals surface area contributed by atoms with Gasteiger partial charge in [0, 0.05) is 18.4 Å². The minimum absolute atomic E-state index is 0.111. The Morgan fingerprint density at radius 1 is 0.933 bits per heavy atom. The molecular weight excluding hydrogens is 412 g/mol. The fourth-order valence-corrected chi connectivity index (χ4v) is 4.47. The number of rotatable bonds is 5. The number of amides is 1. The summed E-state index contributed by atoms with van der Waals surface area (Å²) in [6.45, 7) is 0. The molecule has 3 aromatic carbocycles. The summed E-state index contributed by atoms with van der Waals surface area (Å²) in [4.78, 5) is 17.2. The maximum Gasteiger partial charge on any atom is 0.270 e. The van der Waals surface area contributed by atoms with E-state index >= 15 is 0 Å². The molecule has 0 bridgehead atoms. The van der Waals surface area contributed by atoms with E-state index in [1.165, 1.54) is 11.8 Å². The number of thiocarbonyl (C=S) groups is 1. The standard InChI is InChI=1S/C24H20N2O2S2/c1-25(18-6-4-3-5-7-18)19-10-8-17(9-11-19)16-22-23(27)26(24(29)30-22)20-12-14-21(28-2)15-13-20/h3-16H,1-2H3/b22-16-. The molecule has 0 spiro atoms. The molecule has 1 fully saturated rings. The van der Waals surface area contributed by atoms with Crippen LogP contribution in [0.5, 0.6) is 5.75 Å². The second kappa shape index (κ2) is 8.73. The fourth-order valence-electron chi connectivity index (χ4n) is 3.17. The van der Waals surface area contributed by atoms with Gasteiger partial charge in [0.05, 0.1) is 17.7 Å². The van der Waals surface area contributed by atoms with E-state index in [1.807, 2.05) is 79.9 Å². The number of carbonyl (C=O) groups excluding carboxylic acids is 1. The molecule has 0 aliphatic carbocycles. The number of ether oxygens (including phenoxy) is 1. The fraction of sp³-hybridized carbons (Fsp3) is 0.0833. The zero-order valence-electron chi connectivity index (χ0n) is 16.6. The molecule has 0 radical (unpaired) electrons. The van der Waals surface area contributed by atoms with Crippen molar-refractivity contribution in [3.63, 3.8) is 0 Å². The molecule has 150 valence electrons. The average Bonchev–Trinajstić information content (AvgIpc) is 3.07. The van der Waals surface area contributed by atoms with Crippen molar-refractivity contribution in [2.24, 2.45) is 0 Å². The van der Waals surface area contributed by atoms with E-state index < -0.39 is 0 Å². The first kappa shape index (κ1) is 20.2. The summed E-state index contributed by atoms with van der Waals surface area (Å²) in [5, 5.41) is 0. The molecule has 1 saturated heterocycles. The highest BCUT2D eigenvalue weighted by atomic mass is 32.2. The Bertz CT molecular complexity index is 1090. The van der Waals surface area contributed by atoms with Crippen LogP contribution in [0.3, 0.4) is 0 Å². The highest BCUT2D eigenvalue weighted by molar-refractivity contribution is 8.27. The lowest BCUT2D eigenvalue weighted by Gasteiger charge is -2.19. The van der Waals surface area contributed by atoms with E-state index in [1.54, 1.807) is 12.0 Å². The van der Waals surface area contributed by atoms with Crippen molar-refractivity contribution in [3.8, 4) is 5.75 Å². The third-order valence-corrected chi connectivity index (χ3v) is 6.15. The molecule has 4 nitrogen and oxygen atoms in total. The van der Waals surface area contributed by atoms with Crippen LogP contribution in [-0.4, -0.2) is 24.4 Å². The molecule has 3 aromatic rings. The molecule has 0 unspecified atom stereocenters. The molecule has 6 heteroatoms. The summed E-state index contributed by atoms with van der Waals surface area (Å²) in [6.07, 6.45) is 1.88. The summed E-state index contributed by atoms with van der Waals surface area (Å²) in [7, 11) is 3.64. The first-order valence-corrected chi connectivity index (χ1v) is 10.6. The Labute approximate surface area is 185 Å². The van der Waals surface area contributed by atoms with Crippen LogP contribution >= 0.6 is 24.0 Å². The largest absolute Gasteiger partial charge is 0.497 e. The van der Waals surface area contributed by atoms with Gasteiger partial charge in [-0.3, -0.25) is 9.69 Å². The third-order valence-electron chi connectivity index (χ3n) is 4.85. The molecule has 1 aliphatic heterocycles. The summed E-state index contributed by atoms with van der Waals surface area (Å²) in [5.74, 6) is 0.626. The van der Waals surface area contributed by atoms with Crippen molar-refractivity contribution in [1.29, 1.82) is 0 Å². The van der Waals surface area contributed by atoms with Crippen molar-refractivity contribution < 1.29 is 9.53 Å². The number of anilines is 3. The second-order valence-electron chi connectivity index (χ2n) is 6.70. The van der Waals surface area contributed by atoms with E-state index in [2.05, 4.69) is 17.0 Å². The first-order chi connectivity index (χ1) is 14.6. The van der Waals surface area contributed by atoms with Gasteiger partial charge in [-0.25, -0.2) is 0 Å². The Hall–Kier alpha value is -3.09. The van der Waals surface area contributed by atoms with Crippen LogP contribution < -0.4 is 14.5 Å². The summed E-state index contributed by atoms with van der Waals surface area (Å²) in [6, 6.07) is 25.6. The van der Waals surface area contributed by atoms with E-state index in [4.69, 9.17) is 17.0 Å². The normalized spacial score (nSPS) is 15.0. The van der Waals surface area contributed by atoms with Crippen molar-refractivity contribution in [3.05, 3.63) is 89.3 Å². The highest BCUT2D eigenvalue weighted by Gasteiger charge is 2.33. The summed E-state index contributed by atoms with van der Waals surface area (Å²) >= 11 is 6.77. The molecule has 0 saturated carbocycles. The van der Waals surface area contributed by atoms with Gasteiger partial charge in [0.15, 0.2) is 4.32 Å². The number of benzene rings is 3. The smallest absolute Gasteiger partial charge is 0.270 e. The van der Waals surface area contributed by atoms with Crippen LogP contribution in [0, 0.1) is 0 Å². The molecule has 0 aromatic heterocycles. The van der Waals surface area contributed by atoms with Crippen molar-refractivity contribution >= 4 is 57.3 Å². The number of nitrogens with zero attached hydrogens (tertiary/aromatic N) is 2. The van der Waals surface area contributed by atoms with Crippen LogP contribution in [0.25, 0.3) is 6.08 Å². The Balaban J connectivity index is 1.53. The molecular formula is C24H20N2O2S2. The topological polar surface area (TPSA) is 32.8 Å². The zero-order chi connectivity index (χ0) is 21.1. The van der Waals surface area contributed by atoms with Gasteiger partial charge >= 0.3 is 0 Å². The van der Waals surface area contributed by atoms with Crippen LogP contribution in [-0.2, 0) is 4.79 Å². The average molecular weight is 433 g/mol. The maximum atomic E-state index is 12.9. The minimum Gasteiger partial charge on any atom is -0.497 e. The summed E-state index contributed by atoms with van der Waals surface area (Å²) in [5.41, 5.74) is 3.88. The molecule has 0 N–H and O–H groups in total. The Kier molecular flexibility index (Phi) is 5.88. The number of thioether (sulfide) groups is 1. The van der Waals surface area contributed by atoms with Crippen LogP contribution in [0.1, 0.15) is 5.56 Å². The number of methoxy groups -OCH3 is 1. The lowest BCUT2D eigenvalue weighted by Crippen LogP contribution is -2.27. The van der Waals surface area contributed by atoms with Crippen molar-refractivity contribution in [1.82, 2.24) is 0 Å². The van der Waals surface area contributed by atoms with Gasteiger partial charge in [-0.15, -0.1) is 0 Å². The van der Waals surface area contributed by atoms with Crippen LogP contribution in [0.15, 0.2) is 83.8 Å². The molecule has 1 heterocycles. The van der Waals surface area contributed by atoms with E-state index in [0.29, 0.717) is 9.23 Å². The van der Waals surface area contributed by atoms with E-state index in [0.717, 1.165) is 28.4 Å². The monoisotopic (exact) mass is 432 g/mol. The van der Waals surface area contributed by atoms with Gasteiger partial charge in [-0.05, 0) is 60.2 Å². The SMILES string of the molecule is COc1ccc(N2C(=O)/C(=C/c3ccc(N(C)c4ccccc4)cc3)SC2=S)cc1. The van der Waals surface area contributed by atoms with Crippen molar-refractivity contribution in [2.45, 2.75) is 0 Å². The lowest BCUT2D eigenvalue weighted by atomic mass is 10.1. The number of hydrogen-bond acceptors (Lipinski definition) is 5. The maximum absolute atomic E-state index is 12.9. The van der Waals surface area contributed by atoms with Gasteiger partial charge in [-0.2, -0.15) is 0 Å². The van der Waals surface area contributed by atoms with Crippen molar-refractivity contribution in [2.75, 3.05) is 24.0 Å². The number of hydrogen-bond donors (Lipinski definition) is 0. The van der Waals surface area contributed by atoms with Gasteiger partial charge in [-0.1, -0.05) is 54.3 Å². The Morgan fingerprint density at radius 3 is 2.20 bits per heavy atom. The molecule has 4 rings (SSSR count). The minimum atomic E-state index is -0.111. The van der Waals surface area contributed by atoms with Gasteiger partial charge in [0.2, 0.25) is 0 Å². The molecule has 1 aliphatic rings. The summed E-state index contributed by atoms with van der Waals surface area (Å²) < 4.78 is 5.71. The zero-order valence-corrected chi connectivity index (χ0v) is 18.2. The third kappa shape index (κ3) is 4.10.